The summed E-state index contributed by atoms with van der Waals surface area (Å²) in [5, 5.41) is 9.00. The number of carboxylic acids is 1. The molecule has 8 heteroatoms. The summed E-state index contributed by atoms with van der Waals surface area (Å²) in [6.45, 7) is 1.67. The molecule has 2 heterocycles. The molecular weight excluding hydrogens is 332 g/mol. The van der Waals surface area contributed by atoms with Crippen molar-refractivity contribution in [2.24, 2.45) is 0 Å². The highest BCUT2D eigenvalue weighted by Gasteiger charge is 2.24. The van der Waals surface area contributed by atoms with Crippen LogP contribution in [0.5, 0.6) is 0 Å². The molecule has 0 atom stereocenters. The SMILES string of the molecule is O=C(O)c1cccc(N2CCN(C(=O)c3ccc(F)c(F)c3)CC2)n1. The number of rotatable bonds is 3. The molecule has 1 amide bonds. The van der Waals surface area contributed by atoms with Crippen LogP contribution in [0.15, 0.2) is 36.4 Å². The summed E-state index contributed by atoms with van der Waals surface area (Å²) < 4.78 is 26.3. The van der Waals surface area contributed by atoms with Crippen LogP contribution in [-0.2, 0) is 0 Å². The van der Waals surface area contributed by atoms with E-state index in [2.05, 4.69) is 4.98 Å². The number of piperazine rings is 1. The highest BCUT2D eigenvalue weighted by atomic mass is 19.2. The predicted molar refractivity (Wildman–Crippen MR) is 85.7 cm³/mol. The fraction of sp³-hybridized carbons (Fsp3) is 0.235. The summed E-state index contributed by atoms with van der Waals surface area (Å²) in [6, 6.07) is 7.81. The zero-order valence-electron chi connectivity index (χ0n) is 13.2. The molecule has 130 valence electrons. The van der Waals surface area contributed by atoms with E-state index in [0.29, 0.717) is 32.0 Å². The maximum atomic E-state index is 13.3. The van der Waals surface area contributed by atoms with E-state index in [4.69, 9.17) is 5.11 Å². The Kier molecular flexibility index (Phi) is 4.60. The first-order chi connectivity index (χ1) is 12.0. The molecule has 0 unspecified atom stereocenters. The standard InChI is InChI=1S/C17H15F2N3O3/c18-12-5-4-11(10-13(12)19)16(23)22-8-6-21(7-9-22)15-3-1-2-14(20-15)17(24)25/h1-5,10H,6-9H2,(H,24,25). The molecule has 0 bridgehead atoms. The van der Waals surface area contributed by atoms with E-state index in [-0.39, 0.29) is 17.2 Å². The van der Waals surface area contributed by atoms with Gasteiger partial charge >= 0.3 is 5.97 Å². The van der Waals surface area contributed by atoms with Crippen LogP contribution in [0, 0.1) is 11.6 Å². The van der Waals surface area contributed by atoms with E-state index in [1.54, 1.807) is 17.0 Å². The van der Waals surface area contributed by atoms with Gasteiger partial charge < -0.3 is 14.9 Å². The Morgan fingerprint density at radius 1 is 1.00 bits per heavy atom. The maximum absolute atomic E-state index is 13.3. The lowest BCUT2D eigenvalue weighted by molar-refractivity contribution is 0.0690. The van der Waals surface area contributed by atoms with Gasteiger partial charge in [0.05, 0.1) is 0 Å². The Morgan fingerprint density at radius 2 is 1.72 bits per heavy atom. The van der Waals surface area contributed by atoms with E-state index in [1.807, 2.05) is 4.90 Å². The summed E-state index contributed by atoms with van der Waals surface area (Å²) >= 11 is 0. The molecule has 1 aromatic carbocycles. The molecule has 0 spiro atoms. The third kappa shape index (κ3) is 3.57. The van der Waals surface area contributed by atoms with Gasteiger partial charge in [0.15, 0.2) is 17.3 Å². The van der Waals surface area contributed by atoms with Gasteiger partial charge in [0.2, 0.25) is 0 Å². The molecule has 3 rings (SSSR count). The molecule has 0 aliphatic carbocycles. The second kappa shape index (κ2) is 6.84. The number of nitrogens with zero attached hydrogens (tertiary/aromatic N) is 3. The van der Waals surface area contributed by atoms with E-state index in [1.165, 1.54) is 12.1 Å². The Labute approximate surface area is 142 Å². The first-order valence-corrected chi connectivity index (χ1v) is 7.65. The first kappa shape index (κ1) is 16.8. The highest BCUT2D eigenvalue weighted by Crippen LogP contribution is 2.17. The van der Waals surface area contributed by atoms with Crippen LogP contribution in [0.4, 0.5) is 14.6 Å². The van der Waals surface area contributed by atoms with Gasteiger partial charge in [-0.3, -0.25) is 4.79 Å². The summed E-state index contributed by atoms with van der Waals surface area (Å²) in [4.78, 5) is 30.9. The van der Waals surface area contributed by atoms with E-state index >= 15 is 0 Å². The molecule has 1 saturated heterocycles. The lowest BCUT2D eigenvalue weighted by atomic mass is 10.1. The fourth-order valence-corrected chi connectivity index (χ4v) is 2.67. The summed E-state index contributed by atoms with van der Waals surface area (Å²) in [7, 11) is 0. The van der Waals surface area contributed by atoms with Crippen molar-refractivity contribution in [1.82, 2.24) is 9.88 Å². The minimum absolute atomic E-state index is 0.0437. The monoisotopic (exact) mass is 347 g/mol. The topological polar surface area (TPSA) is 73.7 Å². The van der Waals surface area contributed by atoms with Gasteiger partial charge in [0.25, 0.3) is 5.91 Å². The largest absolute Gasteiger partial charge is 0.477 e. The molecule has 1 aliphatic heterocycles. The molecule has 2 aromatic rings. The van der Waals surface area contributed by atoms with Crippen molar-refractivity contribution in [3.05, 3.63) is 59.3 Å². The van der Waals surface area contributed by atoms with Gasteiger partial charge in [0.1, 0.15) is 5.82 Å². The second-order valence-corrected chi connectivity index (χ2v) is 5.59. The Hall–Kier alpha value is -3.03. The summed E-state index contributed by atoms with van der Waals surface area (Å²) in [5.41, 5.74) is 0.0520. The minimum Gasteiger partial charge on any atom is -0.477 e. The normalized spacial score (nSPS) is 14.5. The van der Waals surface area contributed by atoms with Crippen LogP contribution >= 0.6 is 0 Å². The number of pyridine rings is 1. The van der Waals surface area contributed by atoms with Crippen LogP contribution in [0.3, 0.4) is 0 Å². The average Bonchev–Trinajstić information content (AvgIpc) is 2.63. The number of anilines is 1. The van der Waals surface area contributed by atoms with Crippen molar-refractivity contribution >= 4 is 17.7 Å². The van der Waals surface area contributed by atoms with E-state index in [0.717, 1.165) is 12.1 Å². The number of carboxylic acid groups (broad SMARTS) is 1. The van der Waals surface area contributed by atoms with Crippen LogP contribution in [-0.4, -0.2) is 53.0 Å². The first-order valence-electron chi connectivity index (χ1n) is 7.65. The van der Waals surface area contributed by atoms with E-state index < -0.39 is 17.6 Å². The summed E-state index contributed by atoms with van der Waals surface area (Å²) in [6.07, 6.45) is 0. The number of aromatic nitrogens is 1. The highest BCUT2D eigenvalue weighted by molar-refractivity contribution is 5.94. The third-order valence-corrected chi connectivity index (χ3v) is 4.01. The van der Waals surface area contributed by atoms with Gasteiger partial charge in [-0.05, 0) is 30.3 Å². The Bertz CT molecular complexity index is 821. The molecule has 1 aromatic heterocycles. The number of amides is 1. The van der Waals surface area contributed by atoms with Crippen LogP contribution in [0.2, 0.25) is 0 Å². The van der Waals surface area contributed by atoms with Crippen molar-refractivity contribution in [3.63, 3.8) is 0 Å². The maximum Gasteiger partial charge on any atom is 0.354 e. The predicted octanol–water partition coefficient (Wildman–Crippen LogP) is 2.02. The number of halogens is 2. The lowest BCUT2D eigenvalue weighted by Gasteiger charge is -2.35. The molecule has 0 radical (unpaired) electrons. The van der Waals surface area contributed by atoms with Crippen molar-refractivity contribution in [3.8, 4) is 0 Å². The number of carbonyl (C=O) groups excluding carboxylic acids is 1. The quantitative estimate of drug-likeness (QED) is 0.920. The molecule has 1 N–H and O–H groups in total. The number of aromatic carboxylic acids is 1. The van der Waals surface area contributed by atoms with Crippen molar-refractivity contribution in [2.45, 2.75) is 0 Å². The smallest absolute Gasteiger partial charge is 0.354 e. The van der Waals surface area contributed by atoms with Crippen molar-refractivity contribution < 1.29 is 23.5 Å². The molecule has 1 fully saturated rings. The summed E-state index contributed by atoms with van der Waals surface area (Å²) in [5.74, 6) is -3.00. The average molecular weight is 347 g/mol. The molecular formula is C17H15F2N3O3. The third-order valence-electron chi connectivity index (χ3n) is 4.01. The lowest BCUT2D eigenvalue weighted by Crippen LogP contribution is -2.49. The Morgan fingerprint density at radius 3 is 2.36 bits per heavy atom. The van der Waals surface area contributed by atoms with Crippen LogP contribution in [0.1, 0.15) is 20.8 Å². The number of hydrogen-bond donors (Lipinski definition) is 1. The zero-order chi connectivity index (χ0) is 18.0. The number of benzene rings is 1. The minimum atomic E-state index is -1.10. The second-order valence-electron chi connectivity index (χ2n) is 5.59. The van der Waals surface area contributed by atoms with Gasteiger partial charge in [0, 0.05) is 31.7 Å². The van der Waals surface area contributed by atoms with Gasteiger partial charge in [-0.1, -0.05) is 6.07 Å². The van der Waals surface area contributed by atoms with Gasteiger partial charge in [-0.25, -0.2) is 18.6 Å². The van der Waals surface area contributed by atoms with Crippen molar-refractivity contribution in [1.29, 1.82) is 0 Å². The zero-order valence-corrected chi connectivity index (χ0v) is 13.2. The fourth-order valence-electron chi connectivity index (χ4n) is 2.67. The molecule has 25 heavy (non-hydrogen) atoms. The van der Waals surface area contributed by atoms with Gasteiger partial charge in [-0.2, -0.15) is 0 Å². The molecule has 1 aliphatic rings. The van der Waals surface area contributed by atoms with Crippen molar-refractivity contribution in [2.75, 3.05) is 31.1 Å². The van der Waals surface area contributed by atoms with Crippen LogP contribution in [0.25, 0.3) is 0 Å². The molecule has 6 nitrogen and oxygen atoms in total. The van der Waals surface area contributed by atoms with E-state index in [9.17, 15) is 18.4 Å². The number of carbonyl (C=O) groups is 2. The Balaban J connectivity index is 1.67. The molecule has 0 saturated carbocycles. The number of hydrogen-bond acceptors (Lipinski definition) is 4. The van der Waals surface area contributed by atoms with Crippen LogP contribution < -0.4 is 4.90 Å². The van der Waals surface area contributed by atoms with Gasteiger partial charge in [-0.15, -0.1) is 0 Å².